The topological polar surface area (TPSA) is 136 Å². The molecular weight excluding hydrogens is 472 g/mol. The zero-order valence-electron chi connectivity index (χ0n) is 21.7. The van der Waals surface area contributed by atoms with E-state index in [1.54, 1.807) is 34.7 Å². The number of likely N-dealkylation sites (N-methyl/N-ethyl adjacent to an activating group) is 2. The Morgan fingerprint density at radius 2 is 1.71 bits per heavy atom. The predicted molar refractivity (Wildman–Crippen MR) is 134 cm³/mol. The number of nitrogens with zero attached hydrogens (tertiary/aromatic N) is 2. The standard InChI is InChI=1S/C24H40N4O6S/c1-23(2)20(31)28(21(32)27(23)6)14-13-16-26-18(19(30)25-5)24(3,4)35(16,22(33)34)17(29)12-11-15-9-7-8-10-15/h15-16,18,26H,7-14H2,1-6H3,(H,25,30)(H,33,34)/t16?,18-/m1/s1. The molecule has 11 heteroatoms. The number of amides is 4. The van der Waals surface area contributed by atoms with Crippen LogP contribution in [0.15, 0.2) is 0 Å². The molecule has 3 atom stereocenters. The molecule has 35 heavy (non-hydrogen) atoms. The molecule has 3 aliphatic rings. The number of urea groups is 1. The molecule has 0 aromatic carbocycles. The Labute approximate surface area is 208 Å². The first-order valence-electron chi connectivity index (χ1n) is 12.4. The van der Waals surface area contributed by atoms with Crippen LogP contribution in [0.25, 0.3) is 0 Å². The van der Waals surface area contributed by atoms with Gasteiger partial charge in [-0.2, -0.15) is 0 Å². The van der Waals surface area contributed by atoms with Gasteiger partial charge in [0.1, 0.15) is 11.6 Å². The summed E-state index contributed by atoms with van der Waals surface area (Å²) in [5, 5.41) is 14.0. The van der Waals surface area contributed by atoms with E-state index in [9.17, 15) is 29.1 Å². The highest BCUT2D eigenvalue weighted by Gasteiger charge is 2.66. The maximum atomic E-state index is 13.9. The second-order valence-electron chi connectivity index (χ2n) is 10.9. The average molecular weight is 513 g/mol. The lowest BCUT2D eigenvalue weighted by molar-refractivity contribution is -0.131. The third-order valence-electron chi connectivity index (χ3n) is 8.42. The molecule has 3 rings (SSSR count). The number of hydrogen-bond acceptors (Lipinski definition) is 6. The zero-order valence-corrected chi connectivity index (χ0v) is 22.5. The summed E-state index contributed by atoms with van der Waals surface area (Å²) in [7, 11) is -0.0651. The van der Waals surface area contributed by atoms with Gasteiger partial charge in [-0.3, -0.25) is 24.6 Å². The van der Waals surface area contributed by atoms with E-state index in [0.29, 0.717) is 12.3 Å². The summed E-state index contributed by atoms with van der Waals surface area (Å²) in [6.45, 7) is 6.65. The minimum Gasteiger partial charge on any atom is -0.474 e. The lowest BCUT2D eigenvalue weighted by atomic mass is 10.0. The lowest BCUT2D eigenvalue weighted by Crippen LogP contribution is -2.51. The fraction of sp³-hybridized carbons (Fsp3) is 0.792. The van der Waals surface area contributed by atoms with Gasteiger partial charge in [0, 0.05) is 31.8 Å². The Bertz CT molecular complexity index is 916. The summed E-state index contributed by atoms with van der Waals surface area (Å²) in [5.74, 6) is -0.325. The van der Waals surface area contributed by atoms with Crippen LogP contribution >= 0.6 is 10.0 Å². The molecule has 3 fully saturated rings. The van der Waals surface area contributed by atoms with Crippen molar-refractivity contribution >= 4 is 38.3 Å². The number of rotatable bonds is 7. The van der Waals surface area contributed by atoms with Crippen LogP contribution in [-0.2, 0) is 14.4 Å². The summed E-state index contributed by atoms with van der Waals surface area (Å²) in [6, 6.07) is -1.34. The SMILES string of the molecule is CNC(=O)[C@H]1NC(CCN2C(=O)N(C)C(C)(C)C2=O)S(C(=O)O)(C(=O)CCC2CCCC2)C1(C)C. The van der Waals surface area contributed by atoms with Gasteiger partial charge in [0.05, 0.1) is 5.37 Å². The van der Waals surface area contributed by atoms with E-state index < -0.39 is 43.1 Å². The molecule has 10 nitrogen and oxygen atoms in total. The van der Waals surface area contributed by atoms with E-state index in [-0.39, 0.29) is 36.3 Å². The summed E-state index contributed by atoms with van der Waals surface area (Å²) in [5.41, 5.74) is -1.00. The van der Waals surface area contributed by atoms with Crippen molar-refractivity contribution in [2.45, 2.75) is 94.3 Å². The van der Waals surface area contributed by atoms with Crippen molar-refractivity contribution in [2.75, 3.05) is 20.6 Å². The highest BCUT2D eigenvalue weighted by molar-refractivity contribution is 8.56. The maximum Gasteiger partial charge on any atom is 0.355 e. The highest BCUT2D eigenvalue weighted by Crippen LogP contribution is 2.69. The van der Waals surface area contributed by atoms with Gasteiger partial charge in [-0.25, -0.2) is 9.59 Å². The van der Waals surface area contributed by atoms with E-state index in [4.69, 9.17) is 0 Å². The van der Waals surface area contributed by atoms with Crippen molar-refractivity contribution in [3.05, 3.63) is 0 Å². The molecule has 0 radical (unpaired) electrons. The fourth-order valence-corrected chi connectivity index (χ4v) is 10.3. The van der Waals surface area contributed by atoms with Gasteiger partial charge in [0.15, 0.2) is 5.12 Å². The quantitative estimate of drug-likeness (QED) is 0.446. The highest BCUT2D eigenvalue weighted by atomic mass is 32.3. The maximum absolute atomic E-state index is 13.9. The second-order valence-corrected chi connectivity index (χ2v) is 14.7. The summed E-state index contributed by atoms with van der Waals surface area (Å²) in [6.07, 6.45) is 5.26. The van der Waals surface area contributed by atoms with Crippen molar-refractivity contribution in [3.8, 4) is 0 Å². The van der Waals surface area contributed by atoms with Gasteiger partial charge < -0.3 is 15.3 Å². The van der Waals surface area contributed by atoms with E-state index in [1.807, 2.05) is 0 Å². The van der Waals surface area contributed by atoms with E-state index in [2.05, 4.69) is 10.6 Å². The molecule has 198 valence electrons. The average Bonchev–Trinajstić information content (AvgIpc) is 3.43. The number of imide groups is 1. The van der Waals surface area contributed by atoms with Crippen molar-refractivity contribution in [1.82, 2.24) is 20.4 Å². The minimum absolute atomic E-state index is 0.0302. The summed E-state index contributed by atoms with van der Waals surface area (Å²) in [4.78, 5) is 67.7. The Morgan fingerprint density at radius 1 is 1.11 bits per heavy atom. The second kappa shape index (κ2) is 9.72. The van der Waals surface area contributed by atoms with Gasteiger partial charge in [0.25, 0.3) is 5.91 Å². The van der Waals surface area contributed by atoms with Crippen LogP contribution in [0.2, 0.25) is 0 Å². The van der Waals surface area contributed by atoms with Gasteiger partial charge in [-0.1, -0.05) is 35.7 Å². The molecule has 2 heterocycles. The molecule has 0 spiro atoms. The number of carbonyl (C=O) groups is 5. The smallest absolute Gasteiger partial charge is 0.355 e. The van der Waals surface area contributed by atoms with Gasteiger partial charge in [-0.15, -0.1) is 0 Å². The van der Waals surface area contributed by atoms with Crippen LogP contribution in [-0.4, -0.2) is 85.5 Å². The summed E-state index contributed by atoms with van der Waals surface area (Å²) >= 11 is 0. The molecule has 1 aliphatic carbocycles. The van der Waals surface area contributed by atoms with Crippen molar-refractivity contribution < 1.29 is 29.1 Å². The molecule has 0 aromatic rings. The molecule has 1 saturated carbocycles. The van der Waals surface area contributed by atoms with Gasteiger partial charge in [-0.05, 0) is 46.5 Å². The van der Waals surface area contributed by atoms with Gasteiger partial charge in [0.2, 0.25) is 5.91 Å². The van der Waals surface area contributed by atoms with E-state index >= 15 is 0 Å². The largest absolute Gasteiger partial charge is 0.474 e. The number of hydrogen-bond donors (Lipinski definition) is 3. The molecule has 4 amide bonds. The van der Waals surface area contributed by atoms with Crippen LogP contribution < -0.4 is 10.6 Å². The molecule has 2 saturated heterocycles. The van der Waals surface area contributed by atoms with Crippen LogP contribution in [0.5, 0.6) is 0 Å². The van der Waals surface area contributed by atoms with Crippen LogP contribution in [0, 0.1) is 5.92 Å². The fourth-order valence-electron chi connectivity index (χ4n) is 5.94. The number of carbonyl (C=O) groups excluding carboxylic acids is 4. The molecular formula is C24H40N4O6S. The monoisotopic (exact) mass is 512 g/mol. The van der Waals surface area contributed by atoms with E-state index in [1.165, 1.54) is 11.9 Å². The Balaban J connectivity index is 1.93. The molecule has 2 aliphatic heterocycles. The Morgan fingerprint density at radius 3 is 2.20 bits per heavy atom. The first-order chi connectivity index (χ1) is 16.2. The zero-order chi connectivity index (χ0) is 26.3. The van der Waals surface area contributed by atoms with Crippen LogP contribution in [0.3, 0.4) is 0 Å². The predicted octanol–water partition coefficient (Wildman–Crippen LogP) is 2.85. The Kier molecular flexibility index (Phi) is 7.63. The third-order valence-corrected chi connectivity index (χ3v) is 13.0. The molecule has 2 unspecified atom stereocenters. The first-order valence-corrected chi connectivity index (χ1v) is 14.1. The van der Waals surface area contributed by atoms with E-state index in [0.717, 1.165) is 30.6 Å². The number of carboxylic acid groups (broad SMARTS) is 1. The summed E-state index contributed by atoms with van der Waals surface area (Å²) < 4.78 is -1.16. The lowest BCUT2D eigenvalue weighted by Gasteiger charge is -2.45. The van der Waals surface area contributed by atoms with Crippen LogP contribution in [0.1, 0.15) is 72.6 Å². The van der Waals surface area contributed by atoms with Crippen molar-refractivity contribution in [1.29, 1.82) is 0 Å². The van der Waals surface area contributed by atoms with Crippen molar-refractivity contribution in [3.63, 3.8) is 0 Å². The Hall–Kier alpha value is -2.14. The first kappa shape index (κ1) is 27.4. The normalized spacial score (nSPS) is 32.1. The molecule has 0 bridgehead atoms. The van der Waals surface area contributed by atoms with Crippen LogP contribution in [0.4, 0.5) is 9.59 Å². The molecule has 3 N–H and O–H groups in total. The van der Waals surface area contributed by atoms with Gasteiger partial charge >= 0.3 is 11.3 Å². The third kappa shape index (κ3) is 4.24. The number of nitrogens with one attached hydrogen (secondary N) is 2. The minimum atomic E-state index is -3.10. The molecule has 0 aromatic heterocycles. The van der Waals surface area contributed by atoms with Crippen molar-refractivity contribution in [2.24, 2.45) is 5.92 Å².